The standard InChI is InChI=1S/C23H22ClNO2/c1-17(25-2)22(26)27-23(18-11-5-3-6-12-18,19-13-7-4-8-14-19)20-15-9-10-16-21(20)24/h3-17,25H,1-2H3/t17-/m0/s1. The van der Waals surface area contributed by atoms with Crippen molar-refractivity contribution >= 4 is 17.6 Å². The van der Waals surface area contributed by atoms with Crippen molar-refractivity contribution in [2.75, 3.05) is 7.05 Å². The second-order valence-electron chi connectivity index (χ2n) is 6.32. The van der Waals surface area contributed by atoms with Gasteiger partial charge < -0.3 is 10.1 Å². The van der Waals surface area contributed by atoms with Gasteiger partial charge in [0.1, 0.15) is 6.04 Å². The molecule has 1 N–H and O–H groups in total. The first-order valence-electron chi connectivity index (χ1n) is 8.85. The van der Waals surface area contributed by atoms with Crippen LogP contribution in [-0.4, -0.2) is 19.1 Å². The smallest absolute Gasteiger partial charge is 0.324 e. The number of hydrogen-bond donors (Lipinski definition) is 1. The first kappa shape index (κ1) is 19.2. The monoisotopic (exact) mass is 379 g/mol. The molecule has 0 aromatic heterocycles. The molecule has 0 bridgehead atoms. The molecule has 0 fully saturated rings. The van der Waals surface area contributed by atoms with Crippen LogP contribution in [0.15, 0.2) is 84.9 Å². The predicted molar refractivity (Wildman–Crippen MR) is 109 cm³/mol. The van der Waals surface area contributed by atoms with E-state index in [0.717, 1.165) is 16.7 Å². The molecule has 0 aliphatic carbocycles. The number of carbonyl (C=O) groups excluding carboxylic acids is 1. The van der Waals surface area contributed by atoms with Crippen LogP contribution in [0, 0.1) is 0 Å². The molecule has 1 atom stereocenters. The summed E-state index contributed by atoms with van der Waals surface area (Å²) < 4.78 is 6.24. The van der Waals surface area contributed by atoms with Gasteiger partial charge in [-0.05, 0) is 20.0 Å². The molecule has 138 valence electrons. The van der Waals surface area contributed by atoms with E-state index in [-0.39, 0.29) is 5.97 Å². The van der Waals surface area contributed by atoms with Gasteiger partial charge in [0.25, 0.3) is 0 Å². The molecule has 0 aliphatic heterocycles. The SMILES string of the molecule is CN[C@@H](C)C(=O)OC(c1ccccc1)(c1ccccc1)c1ccccc1Cl. The van der Waals surface area contributed by atoms with Crippen molar-refractivity contribution in [3.05, 3.63) is 107 Å². The van der Waals surface area contributed by atoms with E-state index in [4.69, 9.17) is 16.3 Å². The van der Waals surface area contributed by atoms with Gasteiger partial charge in [-0.1, -0.05) is 90.5 Å². The van der Waals surface area contributed by atoms with Gasteiger partial charge in [-0.2, -0.15) is 0 Å². The minimum atomic E-state index is -1.15. The van der Waals surface area contributed by atoms with Crippen LogP contribution in [0.4, 0.5) is 0 Å². The summed E-state index contributed by atoms with van der Waals surface area (Å²) in [5.41, 5.74) is 1.24. The van der Waals surface area contributed by atoms with E-state index in [1.165, 1.54) is 0 Å². The number of ether oxygens (including phenoxy) is 1. The molecule has 27 heavy (non-hydrogen) atoms. The van der Waals surface area contributed by atoms with Crippen LogP contribution in [0.25, 0.3) is 0 Å². The van der Waals surface area contributed by atoms with E-state index in [2.05, 4.69) is 5.32 Å². The Morgan fingerprint density at radius 2 is 1.37 bits per heavy atom. The first-order valence-corrected chi connectivity index (χ1v) is 9.23. The number of benzene rings is 3. The van der Waals surface area contributed by atoms with Gasteiger partial charge in [0.05, 0.1) is 0 Å². The molecule has 0 aliphatic rings. The van der Waals surface area contributed by atoms with Crippen LogP contribution in [0.2, 0.25) is 5.02 Å². The number of likely N-dealkylation sites (N-methyl/N-ethyl adjacent to an activating group) is 1. The molecule has 0 unspecified atom stereocenters. The third kappa shape index (κ3) is 3.75. The highest BCUT2D eigenvalue weighted by Crippen LogP contribution is 2.43. The van der Waals surface area contributed by atoms with Gasteiger partial charge in [0.15, 0.2) is 5.60 Å². The molecule has 0 saturated heterocycles. The number of halogens is 1. The Labute approximate surface area is 164 Å². The molecule has 3 aromatic rings. The van der Waals surface area contributed by atoms with Gasteiger partial charge in [0, 0.05) is 21.7 Å². The van der Waals surface area contributed by atoms with Crippen LogP contribution in [0.1, 0.15) is 23.6 Å². The third-order valence-corrected chi connectivity index (χ3v) is 4.98. The summed E-state index contributed by atoms with van der Waals surface area (Å²) in [5.74, 6) is -0.356. The van der Waals surface area contributed by atoms with Crippen molar-refractivity contribution < 1.29 is 9.53 Å². The molecule has 0 amide bonds. The number of nitrogens with one attached hydrogen (secondary N) is 1. The normalized spacial score (nSPS) is 12.4. The van der Waals surface area contributed by atoms with Crippen molar-refractivity contribution in [1.82, 2.24) is 5.32 Å². The lowest BCUT2D eigenvalue weighted by molar-refractivity contribution is -0.155. The van der Waals surface area contributed by atoms with Crippen molar-refractivity contribution in [2.45, 2.75) is 18.6 Å². The highest BCUT2D eigenvalue weighted by atomic mass is 35.5. The average molecular weight is 380 g/mol. The summed E-state index contributed by atoms with van der Waals surface area (Å²) in [6.07, 6.45) is 0. The van der Waals surface area contributed by atoms with E-state index in [1.807, 2.05) is 84.9 Å². The molecule has 3 aromatic carbocycles. The largest absolute Gasteiger partial charge is 0.443 e. The second kappa shape index (κ2) is 8.38. The van der Waals surface area contributed by atoms with Crippen LogP contribution < -0.4 is 5.32 Å². The van der Waals surface area contributed by atoms with Crippen molar-refractivity contribution in [3.8, 4) is 0 Å². The molecule has 0 heterocycles. The second-order valence-corrected chi connectivity index (χ2v) is 6.73. The molecule has 0 saturated carbocycles. The molecule has 3 rings (SSSR count). The van der Waals surface area contributed by atoms with Crippen molar-refractivity contribution in [3.63, 3.8) is 0 Å². The van der Waals surface area contributed by atoms with Crippen LogP contribution in [0.3, 0.4) is 0 Å². The summed E-state index contributed by atoms with van der Waals surface area (Å²) in [4.78, 5) is 12.9. The van der Waals surface area contributed by atoms with Gasteiger partial charge in [-0.25, -0.2) is 0 Å². The van der Waals surface area contributed by atoms with E-state index < -0.39 is 11.6 Å². The van der Waals surface area contributed by atoms with E-state index >= 15 is 0 Å². The third-order valence-electron chi connectivity index (χ3n) is 4.65. The van der Waals surface area contributed by atoms with Crippen LogP contribution in [-0.2, 0) is 15.1 Å². The maximum absolute atomic E-state index is 12.9. The van der Waals surface area contributed by atoms with Gasteiger partial charge in [0.2, 0.25) is 0 Å². The molecule has 3 nitrogen and oxygen atoms in total. The lowest BCUT2D eigenvalue weighted by Crippen LogP contribution is -2.41. The Morgan fingerprint density at radius 1 is 0.889 bits per heavy atom. The Balaban J connectivity index is 2.32. The number of carbonyl (C=O) groups is 1. The number of esters is 1. The van der Waals surface area contributed by atoms with Crippen LogP contribution >= 0.6 is 11.6 Å². The quantitative estimate of drug-likeness (QED) is 0.494. The first-order chi connectivity index (χ1) is 13.1. The summed E-state index contributed by atoms with van der Waals surface area (Å²) >= 11 is 6.60. The maximum Gasteiger partial charge on any atom is 0.324 e. The number of hydrogen-bond acceptors (Lipinski definition) is 3. The average Bonchev–Trinajstić information content (AvgIpc) is 2.73. The van der Waals surface area contributed by atoms with Crippen molar-refractivity contribution in [1.29, 1.82) is 0 Å². The fourth-order valence-corrected chi connectivity index (χ4v) is 3.37. The fourth-order valence-electron chi connectivity index (χ4n) is 3.10. The lowest BCUT2D eigenvalue weighted by atomic mass is 9.80. The fraction of sp³-hybridized carbons (Fsp3) is 0.174. The Kier molecular flexibility index (Phi) is 5.94. The van der Waals surface area contributed by atoms with Gasteiger partial charge in [-0.15, -0.1) is 0 Å². The highest BCUT2D eigenvalue weighted by molar-refractivity contribution is 6.31. The van der Waals surface area contributed by atoms with E-state index in [9.17, 15) is 4.79 Å². The topological polar surface area (TPSA) is 38.3 Å². The summed E-state index contributed by atoms with van der Waals surface area (Å²) in [6, 6.07) is 26.4. The van der Waals surface area contributed by atoms with Crippen LogP contribution in [0.5, 0.6) is 0 Å². The lowest BCUT2D eigenvalue weighted by Gasteiger charge is -2.36. The Hall–Kier alpha value is -2.62. The molecule has 0 radical (unpaired) electrons. The van der Waals surface area contributed by atoms with Gasteiger partial charge >= 0.3 is 5.97 Å². The Bertz CT molecular complexity index is 857. The predicted octanol–water partition coefficient (Wildman–Crippen LogP) is 4.78. The van der Waals surface area contributed by atoms with Crippen molar-refractivity contribution in [2.24, 2.45) is 0 Å². The Morgan fingerprint density at radius 3 is 1.85 bits per heavy atom. The van der Waals surface area contributed by atoms with Gasteiger partial charge in [-0.3, -0.25) is 4.79 Å². The highest BCUT2D eigenvalue weighted by Gasteiger charge is 2.42. The molecular formula is C23H22ClNO2. The maximum atomic E-state index is 12.9. The summed E-state index contributed by atoms with van der Waals surface area (Å²) in [5, 5.41) is 3.49. The minimum Gasteiger partial charge on any atom is -0.443 e. The van der Waals surface area contributed by atoms with E-state index in [0.29, 0.717) is 5.02 Å². The minimum absolute atomic E-state index is 0.356. The number of rotatable bonds is 6. The zero-order chi connectivity index (χ0) is 19.3. The molecule has 4 heteroatoms. The zero-order valence-electron chi connectivity index (χ0n) is 15.4. The van der Waals surface area contributed by atoms with E-state index in [1.54, 1.807) is 14.0 Å². The molecule has 0 spiro atoms. The molecular weight excluding hydrogens is 358 g/mol. The zero-order valence-corrected chi connectivity index (χ0v) is 16.1. The summed E-state index contributed by atoms with van der Waals surface area (Å²) in [6.45, 7) is 1.77. The summed E-state index contributed by atoms with van der Waals surface area (Å²) in [7, 11) is 1.73.